The highest BCUT2D eigenvalue weighted by Gasteiger charge is 2.43. The van der Waals surface area contributed by atoms with Crippen LogP contribution in [0.2, 0.25) is 0 Å². The molecular formula is C43H70N6O6S. The highest BCUT2D eigenvalue weighted by molar-refractivity contribution is 7.09. The Morgan fingerprint density at radius 2 is 1.62 bits per heavy atom. The summed E-state index contributed by atoms with van der Waals surface area (Å²) in [6, 6.07) is 7.85. The lowest BCUT2D eigenvalue weighted by Crippen LogP contribution is -2.60. The lowest BCUT2D eigenvalue weighted by molar-refractivity contribution is -0.148. The molecule has 13 heteroatoms. The van der Waals surface area contributed by atoms with Gasteiger partial charge in [0.1, 0.15) is 11.0 Å². The zero-order chi connectivity index (χ0) is 41.7. The number of hydrogen-bond acceptors (Lipinski definition) is 9. The van der Waals surface area contributed by atoms with Crippen molar-refractivity contribution in [3.63, 3.8) is 0 Å². The van der Waals surface area contributed by atoms with Gasteiger partial charge >= 0.3 is 0 Å². The van der Waals surface area contributed by atoms with Gasteiger partial charge in [-0.05, 0) is 56.2 Å². The molecule has 1 aliphatic heterocycles. The number of likely N-dealkylation sites (tertiary alicyclic amines) is 1. The van der Waals surface area contributed by atoms with Gasteiger partial charge in [0.15, 0.2) is 0 Å². The second-order valence-corrected chi connectivity index (χ2v) is 17.1. The summed E-state index contributed by atoms with van der Waals surface area (Å²) < 4.78 is 12.1. The van der Waals surface area contributed by atoms with Crippen molar-refractivity contribution in [1.29, 1.82) is 0 Å². The lowest BCUT2D eigenvalue weighted by Gasteiger charge is -2.41. The molecule has 1 aromatic heterocycles. The largest absolute Gasteiger partial charge is 0.379 e. The normalized spacial score (nSPS) is 18.9. The maximum absolute atomic E-state index is 14.3. The predicted molar refractivity (Wildman–Crippen MR) is 223 cm³/mol. The van der Waals surface area contributed by atoms with Gasteiger partial charge < -0.3 is 29.9 Å². The van der Waals surface area contributed by atoms with Gasteiger partial charge in [-0.2, -0.15) is 0 Å². The standard InChI is InChI=1S/C43H70N6O6S/c1-13-29(7)38(48(10)43(53)36(27(3)4)46-41(52)37(28(5)6)47(9)14-2)34(54-11)26-35(50)49-23-18-21-33(49)39(55-12)30(8)40(51)45-32(42-44-22-24-56-42)25-31-19-16-15-17-20-31/h15-17,19-20,22,24,27-30,32-34,36-39H,13-14,18,21,23,25-26H2,1-12H3,(H,45,51)(H,46,52)/t29-,30+,32-,33-,34+,36?,37-,38-,39+/m0/s1. The van der Waals surface area contributed by atoms with E-state index in [9.17, 15) is 19.2 Å². The maximum Gasteiger partial charge on any atom is 0.245 e. The smallest absolute Gasteiger partial charge is 0.245 e. The molecular weight excluding hydrogens is 729 g/mol. The van der Waals surface area contributed by atoms with Crippen LogP contribution >= 0.6 is 11.3 Å². The minimum absolute atomic E-state index is 0.00802. The zero-order valence-corrected chi connectivity index (χ0v) is 36.8. The molecule has 1 fully saturated rings. The number of carbonyl (C=O) groups excluding carboxylic acids is 4. The van der Waals surface area contributed by atoms with Crippen LogP contribution in [0.15, 0.2) is 41.9 Å². The van der Waals surface area contributed by atoms with Crippen LogP contribution in [-0.4, -0.2) is 121 Å². The van der Waals surface area contributed by atoms with Crippen LogP contribution in [0, 0.1) is 23.7 Å². The first-order chi connectivity index (χ1) is 26.6. The van der Waals surface area contributed by atoms with Gasteiger partial charge in [0.2, 0.25) is 23.6 Å². The Hall–Kier alpha value is -3.39. The third kappa shape index (κ3) is 12.1. The van der Waals surface area contributed by atoms with Crippen molar-refractivity contribution in [3.05, 3.63) is 52.5 Å². The van der Waals surface area contributed by atoms with E-state index in [-0.39, 0.29) is 65.9 Å². The molecule has 1 aliphatic rings. The molecule has 9 atom stereocenters. The number of thiazole rings is 1. The number of methoxy groups -OCH3 is 2. The monoisotopic (exact) mass is 799 g/mol. The average Bonchev–Trinajstić information content (AvgIpc) is 3.90. The predicted octanol–water partition coefficient (Wildman–Crippen LogP) is 5.58. The van der Waals surface area contributed by atoms with Crippen molar-refractivity contribution in [3.8, 4) is 0 Å². The van der Waals surface area contributed by atoms with Gasteiger partial charge in [-0.3, -0.25) is 24.1 Å². The fraction of sp³-hybridized carbons (Fsp3) is 0.698. The molecule has 3 rings (SSSR count). The van der Waals surface area contributed by atoms with Crippen LogP contribution in [0.5, 0.6) is 0 Å². The summed E-state index contributed by atoms with van der Waals surface area (Å²) in [5.41, 5.74) is 1.09. The molecule has 1 aromatic carbocycles. The van der Waals surface area contributed by atoms with Gasteiger partial charge in [-0.1, -0.05) is 92.1 Å². The number of aromatic nitrogens is 1. The van der Waals surface area contributed by atoms with E-state index in [1.165, 1.54) is 11.3 Å². The van der Waals surface area contributed by atoms with Gasteiger partial charge in [0.05, 0.1) is 48.7 Å². The Labute approximate surface area is 340 Å². The highest BCUT2D eigenvalue weighted by atomic mass is 32.1. The quantitative estimate of drug-likeness (QED) is 0.158. The molecule has 0 radical (unpaired) electrons. The summed E-state index contributed by atoms with van der Waals surface area (Å²) >= 11 is 1.51. The van der Waals surface area contributed by atoms with E-state index in [2.05, 4.69) is 29.5 Å². The van der Waals surface area contributed by atoms with Crippen LogP contribution in [0.3, 0.4) is 0 Å². The molecule has 4 amide bonds. The van der Waals surface area contributed by atoms with Crippen LogP contribution in [0.25, 0.3) is 0 Å². The molecule has 2 aromatic rings. The Morgan fingerprint density at radius 3 is 2.16 bits per heavy atom. The fourth-order valence-electron chi connectivity index (χ4n) is 8.25. The summed E-state index contributed by atoms with van der Waals surface area (Å²) in [6.07, 6.45) is 3.49. The molecule has 0 aliphatic carbocycles. The Morgan fingerprint density at radius 1 is 0.946 bits per heavy atom. The van der Waals surface area contributed by atoms with Crippen molar-refractivity contribution in [2.45, 2.75) is 130 Å². The van der Waals surface area contributed by atoms with Crippen LogP contribution in [-0.2, 0) is 35.1 Å². The minimum atomic E-state index is -0.750. The summed E-state index contributed by atoms with van der Waals surface area (Å²) in [7, 11) is 6.86. The second-order valence-electron chi connectivity index (χ2n) is 16.2. The van der Waals surface area contributed by atoms with Gasteiger partial charge in [-0.15, -0.1) is 11.3 Å². The van der Waals surface area contributed by atoms with E-state index in [1.54, 1.807) is 32.4 Å². The van der Waals surface area contributed by atoms with Gasteiger partial charge in [0.25, 0.3) is 0 Å². The molecule has 0 spiro atoms. The first-order valence-electron chi connectivity index (χ1n) is 20.5. The van der Waals surface area contributed by atoms with E-state index < -0.39 is 30.2 Å². The molecule has 12 nitrogen and oxygen atoms in total. The van der Waals surface area contributed by atoms with Crippen molar-refractivity contribution < 1.29 is 28.7 Å². The number of likely N-dealkylation sites (N-methyl/N-ethyl adjacent to an activating group) is 2. The number of benzene rings is 1. The van der Waals surface area contributed by atoms with E-state index in [0.29, 0.717) is 25.9 Å². The molecule has 56 heavy (non-hydrogen) atoms. The Bertz CT molecular complexity index is 1510. The van der Waals surface area contributed by atoms with Crippen molar-refractivity contribution in [1.82, 2.24) is 30.3 Å². The summed E-state index contributed by atoms with van der Waals surface area (Å²) in [5.74, 6) is -1.32. The topological polar surface area (TPSA) is 133 Å². The van der Waals surface area contributed by atoms with Gasteiger partial charge in [-0.25, -0.2) is 4.98 Å². The van der Waals surface area contributed by atoms with Crippen molar-refractivity contribution >= 4 is 35.0 Å². The third-order valence-corrected chi connectivity index (χ3v) is 12.6. The van der Waals surface area contributed by atoms with Gasteiger partial charge in [0, 0.05) is 39.4 Å². The van der Waals surface area contributed by atoms with Crippen LogP contribution in [0.1, 0.15) is 97.7 Å². The molecule has 0 bridgehead atoms. The van der Waals surface area contributed by atoms with E-state index in [4.69, 9.17) is 9.47 Å². The van der Waals surface area contributed by atoms with Crippen LogP contribution < -0.4 is 10.6 Å². The lowest BCUT2D eigenvalue weighted by atomic mass is 9.89. The fourth-order valence-corrected chi connectivity index (χ4v) is 8.94. The third-order valence-electron chi connectivity index (χ3n) is 11.7. The highest BCUT2D eigenvalue weighted by Crippen LogP contribution is 2.30. The first-order valence-corrected chi connectivity index (χ1v) is 21.3. The zero-order valence-electron chi connectivity index (χ0n) is 36.0. The number of nitrogens with zero attached hydrogens (tertiary/aromatic N) is 4. The number of rotatable bonds is 22. The summed E-state index contributed by atoms with van der Waals surface area (Å²) in [4.78, 5) is 66.2. The Kier molecular flexibility index (Phi) is 18.9. The van der Waals surface area contributed by atoms with E-state index in [1.807, 2.05) is 94.1 Å². The molecule has 0 saturated carbocycles. The molecule has 1 saturated heterocycles. The van der Waals surface area contributed by atoms with Crippen LogP contribution in [0.4, 0.5) is 0 Å². The minimum Gasteiger partial charge on any atom is -0.379 e. The Balaban J connectivity index is 1.79. The molecule has 1 unspecified atom stereocenters. The average molecular weight is 799 g/mol. The van der Waals surface area contributed by atoms with E-state index in [0.717, 1.165) is 23.4 Å². The second kappa shape index (κ2) is 22.5. The molecule has 314 valence electrons. The number of ether oxygens (including phenoxy) is 2. The molecule has 2 heterocycles. The number of hydrogen-bond donors (Lipinski definition) is 2. The molecule has 2 N–H and O–H groups in total. The van der Waals surface area contributed by atoms with Crippen molar-refractivity contribution in [2.75, 3.05) is 41.4 Å². The SMILES string of the molecule is CC[C@H](C)[C@@H]([C@@H](CC(=O)N1CCC[C@H]1[C@H](OC)[C@@H](C)C(=O)N[C@@H](Cc1ccccc1)c1nccs1)OC)N(C)C(=O)C(NC(=O)[C@H](C(C)C)N(C)CC)C(C)C. The summed E-state index contributed by atoms with van der Waals surface area (Å²) in [6.45, 7) is 17.1. The first kappa shape index (κ1) is 47.0. The number of nitrogens with one attached hydrogen (secondary N) is 2. The van der Waals surface area contributed by atoms with Crippen molar-refractivity contribution in [2.24, 2.45) is 23.7 Å². The number of carbonyl (C=O) groups is 4. The maximum atomic E-state index is 14.3. The number of amides is 4. The van der Waals surface area contributed by atoms with E-state index >= 15 is 0 Å². The summed E-state index contributed by atoms with van der Waals surface area (Å²) in [5, 5.41) is 9.06.